The molecule has 0 radical (unpaired) electrons. The minimum atomic E-state index is -0.194. The van der Waals surface area contributed by atoms with Crippen molar-refractivity contribution in [2.24, 2.45) is 7.05 Å². The first-order valence-corrected chi connectivity index (χ1v) is 8.70. The molecule has 24 heavy (non-hydrogen) atoms. The molecule has 2 rings (SSSR count). The molecule has 0 aliphatic heterocycles. The molecule has 1 heterocycles. The van der Waals surface area contributed by atoms with E-state index < -0.39 is 0 Å². The topological polar surface area (TPSA) is 56.0 Å². The van der Waals surface area contributed by atoms with E-state index in [1.807, 2.05) is 44.3 Å². The molecule has 130 valence electrons. The first kappa shape index (κ1) is 18.0. The Kier molecular flexibility index (Phi) is 6.41. The van der Waals surface area contributed by atoms with Gasteiger partial charge < -0.3 is 5.32 Å². The van der Waals surface area contributed by atoms with E-state index in [9.17, 15) is 9.59 Å². The van der Waals surface area contributed by atoms with Crippen molar-refractivity contribution in [2.75, 3.05) is 5.32 Å². The number of hydrogen-bond donors (Lipinski definition) is 1. The fourth-order valence-corrected chi connectivity index (χ4v) is 2.80. The normalized spacial score (nSPS) is 10.8. The van der Waals surface area contributed by atoms with E-state index in [0.717, 1.165) is 30.6 Å². The highest BCUT2D eigenvalue weighted by molar-refractivity contribution is 5.91. The third-order valence-corrected chi connectivity index (χ3v) is 4.33. The summed E-state index contributed by atoms with van der Waals surface area (Å²) < 4.78 is 3.35. The van der Waals surface area contributed by atoms with Gasteiger partial charge in [-0.05, 0) is 25.5 Å². The fourth-order valence-electron chi connectivity index (χ4n) is 2.80. The summed E-state index contributed by atoms with van der Waals surface area (Å²) in [6.45, 7) is 4.01. The number of nitrogens with one attached hydrogen (secondary N) is 1. The number of hydrogen-bond acceptors (Lipinski definition) is 2. The number of amides is 1. The van der Waals surface area contributed by atoms with E-state index in [-0.39, 0.29) is 11.5 Å². The first-order chi connectivity index (χ1) is 11.6. The van der Waals surface area contributed by atoms with Gasteiger partial charge in [-0.2, -0.15) is 0 Å². The summed E-state index contributed by atoms with van der Waals surface area (Å²) in [4.78, 5) is 24.8. The Morgan fingerprint density at radius 1 is 1.08 bits per heavy atom. The average molecular weight is 329 g/mol. The molecule has 0 unspecified atom stereocenters. The van der Waals surface area contributed by atoms with Crippen LogP contribution in [0.2, 0.25) is 0 Å². The second kappa shape index (κ2) is 8.52. The summed E-state index contributed by atoms with van der Waals surface area (Å²) in [6.07, 6.45) is 5.95. The summed E-state index contributed by atoms with van der Waals surface area (Å²) in [5.74, 6) is -0.0856. The number of aromatic nitrogens is 2. The molecular weight excluding hydrogens is 302 g/mol. The molecule has 5 nitrogen and oxygen atoms in total. The lowest BCUT2D eigenvalue weighted by molar-refractivity contribution is -0.116. The van der Waals surface area contributed by atoms with Crippen LogP contribution in [0.25, 0.3) is 5.69 Å². The Balaban J connectivity index is 2.09. The average Bonchev–Trinajstić information content (AvgIpc) is 2.79. The lowest BCUT2D eigenvalue weighted by Gasteiger charge is -2.07. The van der Waals surface area contributed by atoms with Crippen molar-refractivity contribution in [1.29, 1.82) is 0 Å². The Hall–Kier alpha value is -2.30. The number of benzene rings is 1. The number of rotatable bonds is 8. The van der Waals surface area contributed by atoms with Crippen molar-refractivity contribution in [3.05, 3.63) is 46.4 Å². The molecule has 0 aliphatic rings. The maximum Gasteiger partial charge on any atom is 0.295 e. The predicted octanol–water partition coefficient (Wildman–Crippen LogP) is 3.78. The van der Waals surface area contributed by atoms with E-state index in [4.69, 9.17) is 0 Å². The van der Waals surface area contributed by atoms with Crippen LogP contribution in [0.4, 0.5) is 5.69 Å². The lowest BCUT2D eigenvalue weighted by atomic mass is 10.1. The van der Waals surface area contributed by atoms with E-state index in [2.05, 4.69) is 12.2 Å². The molecule has 1 aromatic carbocycles. The zero-order valence-corrected chi connectivity index (χ0v) is 14.8. The molecule has 0 spiro atoms. The summed E-state index contributed by atoms with van der Waals surface area (Å²) >= 11 is 0. The number of unbranched alkanes of at least 4 members (excludes halogenated alkanes) is 4. The summed E-state index contributed by atoms with van der Waals surface area (Å²) in [5, 5.41) is 2.81. The zero-order valence-electron chi connectivity index (χ0n) is 14.8. The van der Waals surface area contributed by atoms with Crippen LogP contribution in [0.1, 0.15) is 51.1 Å². The number of anilines is 1. The second-order valence-electron chi connectivity index (χ2n) is 6.15. The third kappa shape index (κ3) is 4.16. The zero-order chi connectivity index (χ0) is 17.5. The van der Waals surface area contributed by atoms with Gasteiger partial charge in [-0.15, -0.1) is 0 Å². The summed E-state index contributed by atoms with van der Waals surface area (Å²) in [5.41, 5.74) is 1.72. The molecule has 0 fully saturated rings. The molecule has 0 bridgehead atoms. The maximum absolute atomic E-state index is 12.7. The smallest absolute Gasteiger partial charge is 0.295 e. The number of para-hydroxylation sites is 1. The van der Waals surface area contributed by atoms with Crippen LogP contribution in [-0.4, -0.2) is 15.3 Å². The minimum absolute atomic E-state index is 0.0856. The maximum atomic E-state index is 12.7. The van der Waals surface area contributed by atoms with Gasteiger partial charge in [0.15, 0.2) is 0 Å². The fraction of sp³-hybridized carbons (Fsp3) is 0.474. The standard InChI is InChI=1S/C19H27N3O2/c1-4-5-6-7-11-14-17(23)20-18-15(2)21(3)22(19(18)24)16-12-9-8-10-13-16/h8-10,12-13H,4-7,11,14H2,1-3H3,(H,20,23). The Morgan fingerprint density at radius 3 is 2.42 bits per heavy atom. The van der Waals surface area contributed by atoms with E-state index in [0.29, 0.717) is 12.1 Å². The highest BCUT2D eigenvalue weighted by Gasteiger charge is 2.17. The van der Waals surface area contributed by atoms with Gasteiger partial charge in [0.2, 0.25) is 5.91 Å². The lowest BCUT2D eigenvalue weighted by Crippen LogP contribution is -2.22. The van der Waals surface area contributed by atoms with Gasteiger partial charge in [0.25, 0.3) is 5.56 Å². The molecule has 0 aliphatic carbocycles. The predicted molar refractivity (Wildman–Crippen MR) is 97.8 cm³/mol. The molecule has 2 aromatic rings. The van der Waals surface area contributed by atoms with Crippen LogP contribution in [0.3, 0.4) is 0 Å². The van der Waals surface area contributed by atoms with Crippen molar-refractivity contribution < 1.29 is 4.79 Å². The van der Waals surface area contributed by atoms with Crippen LogP contribution in [0, 0.1) is 6.92 Å². The van der Waals surface area contributed by atoms with Gasteiger partial charge in [0.1, 0.15) is 5.69 Å². The van der Waals surface area contributed by atoms with E-state index in [1.165, 1.54) is 12.8 Å². The number of nitrogens with zero attached hydrogens (tertiary/aromatic N) is 2. The van der Waals surface area contributed by atoms with Gasteiger partial charge in [-0.25, -0.2) is 4.68 Å². The molecule has 0 saturated carbocycles. The molecule has 5 heteroatoms. The third-order valence-electron chi connectivity index (χ3n) is 4.33. The monoisotopic (exact) mass is 329 g/mol. The van der Waals surface area contributed by atoms with Gasteiger partial charge in [-0.1, -0.05) is 50.8 Å². The van der Waals surface area contributed by atoms with Crippen molar-refractivity contribution in [2.45, 2.75) is 52.4 Å². The van der Waals surface area contributed by atoms with Crippen LogP contribution in [0.5, 0.6) is 0 Å². The van der Waals surface area contributed by atoms with Crippen LogP contribution < -0.4 is 10.9 Å². The number of carbonyl (C=O) groups excluding carboxylic acids is 1. The van der Waals surface area contributed by atoms with Crippen molar-refractivity contribution in [1.82, 2.24) is 9.36 Å². The Labute approximate surface area is 143 Å². The van der Waals surface area contributed by atoms with Gasteiger partial charge in [-0.3, -0.25) is 14.3 Å². The SMILES string of the molecule is CCCCCCCC(=O)Nc1c(C)n(C)n(-c2ccccc2)c1=O. The molecule has 0 atom stereocenters. The Morgan fingerprint density at radius 2 is 1.75 bits per heavy atom. The molecule has 1 N–H and O–H groups in total. The molecular formula is C19H27N3O2. The van der Waals surface area contributed by atoms with Crippen LogP contribution in [-0.2, 0) is 11.8 Å². The first-order valence-electron chi connectivity index (χ1n) is 8.70. The highest BCUT2D eigenvalue weighted by Crippen LogP contribution is 2.14. The summed E-state index contributed by atoms with van der Waals surface area (Å²) in [6, 6.07) is 9.43. The van der Waals surface area contributed by atoms with Crippen LogP contribution >= 0.6 is 0 Å². The number of carbonyl (C=O) groups is 1. The largest absolute Gasteiger partial charge is 0.320 e. The van der Waals surface area contributed by atoms with Crippen LogP contribution in [0.15, 0.2) is 35.1 Å². The van der Waals surface area contributed by atoms with Gasteiger partial charge in [0, 0.05) is 13.5 Å². The molecule has 1 aromatic heterocycles. The van der Waals surface area contributed by atoms with Crippen molar-refractivity contribution >= 4 is 11.6 Å². The van der Waals surface area contributed by atoms with E-state index >= 15 is 0 Å². The summed E-state index contributed by atoms with van der Waals surface area (Å²) in [7, 11) is 1.82. The minimum Gasteiger partial charge on any atom is -0.320 e. The Bertz CT molecular complexity index is 729. The van der Waals surface area contributed by atoms with Crippen molar-refractivity contribution in [3.8, 4) is 5.69 Å². The van der Waals surface area contributed by atoms with Gasteiger partial charge >= 0.3 is 0 Å². The highest BCUT2D eigenvalue weighted by atomic mass is 16.2. The van der Waals surface area contributed by atoms with Crippen molar-refractivity contribution in [3.63, 3.8) is 0 Å². The van der Waals surface area contributed by atoms with E-state index in [1.54, 1.807) is 9.36 Å². The molecule has 1 amide bonds. The second-order valence-corrected chi connectivity index (χ2v) is 6.15. The quantitative estimate of drug-likeness (QED) is 0.749. The van der Waals surface area contributed by atoms with Gasteiger partial charge in [0.05, 0.1) is 11.4 Å². The molecule has 0 saturated heterocycles.